The van der Waals surface area contributed by atoms with Gasteiger partial charge >= 0.3 is 0 Å². The van der Waals surface area contributed by atoms with E-state index >= 15 is 0 Å². The van der Waals surface area contributed by atoms with E-state index in [1.807, 2.05) is 0 Å². The molecule has 0 aromatic carbocycles. The van der Waals surface area contributed by atoms with Crippen molar-refractivity contribution in [1.82, 2.24) is 0 Å². The van der Waals surface area contributed by atoms with Crippen LogP contribution in [0.25, 0.3) is 0 Å². The molecule has 4 aliphatic carbocycles. The van der Waals surface area contributed by atoms with Gasteiger partial charge in [-0.2, -0.15) is 0 Å². The fraction of sp³-hybridized carbons (Fsp3) is 0.875. The molecule has 3 fully saturated rings. The molecule has 0 spiro atoms. The van der Waals surface area contributed by atoms with Crippen molar-refractivity contribution in [2.24, 2.45) is 47.3 Å². The maximum absolute atomic E-state index is 10.4. The predicted molar refractivity (Wildman–Crippen MR) is 68.3 cm³/mol. The van der Waals surface area contributed by atoms with Crippen molar-refractivity contribution in [3.8, 4) is 0 Å². The van der Waals surface area contributed by atoms with Gasteiger partial charge in [0, 0.05) is 0 Å². The maximum Gasteiger partial charge on any atom is 0.0594 e. The van der Waals surface area contributed by atoms with Crippen molar-refractivity contribution in [1.29, 1.82) is 0 Å². The van der Waals surface area contributed by atoms with Gasteiger partial charge in [-0.3, -0.25) is 0 Å². The van der Waals surface area contributed by atoms with Gasteiger partial charge < -0.3 is 5.11 Å². The van der Waals surface area contributed by atoms with Crippen LogP contribution in [0.3, 0.4) is 0 Å². The molecule has 4 bridgehead atoms. The smallest absolute Gasteiger partial charge is 0.0594 e. The lowest BCUT2D eigenvalue weighted by Gasteiger charge is -2.39. The summed E-state index contributed by atoms with van der Waals surface area (Å²) < 4.78 is 0. The van der Waals surface area contributed by atoms with Crippen LogP contribution < -0.4 is 0 Å². The number of fused-ring (bicyclic) bond motifs is 9. The van der Waals surface area contributed by atoms with Crippen molar-refractivity contribution in [3.05, 3.63) is 12.2 Å². The van der Waals surface area contributed by atoms with Crippen LogP contribution in [0.5, 0.6) is 0 Å². The minimum Gasteiger partial charge on any atom is -0.393 e. The number of aliphatic hydroxyl groups is 1. The van der Waals surface area contributed by atoms with E-state index in [0.717, 1.165) is 35.5 Å². The molecule has 4 aliphatic rings. The standard InChI is InChI=1S/C16H24O/c1-8(2)16(17)13-7-11-6-12(13)15-10-4-3-9(5-10)14(11)15/h3-4,8-17H,5-7H2,1-2H3. The number of hydrogen-bond acceptors (Lipinski definition) is 1. The molecule has 1 heteroatoms. The zero-order chi connectivity index (χ0) is 11.7. The normalized spacial score (nSPS) is 55.9. The molecule has 0 aromatic heterocycles. The quantitative estimate of drug-likeness (QED) is 0.573. The first-order valence-corrected chi connectivity index (χ1v) is 7.53. The molecule has 4 rings (SSSR count). The molecule has 1 N–H and O–H groups in total. The number of hydrogen-bond donors (Lipinski definition) is 1. The summed E-state index contributed by atoms with van der Waals surface area (Å²) in [4.78, 5) is 0. The van der Waals surface area contributed by atoms with Gasteiger partial charge in [0.1, 0.15) is 0 Å². The van der Waals surface area contributed by atoms with Gasteiger partial charge in [0.05, 0.1) is 6.10 Å². The Morgan fingerprint density at radius 1 is 1.00 bits per heavy atom. The minimum absolute atomic E-state index is 0.0472. The van der Waals surface area contributed by atoms with Crippen molar-refractivity contribution in [2.75, 3.05) is 0 Å². The third-order valence-corrected chi connectivity index (χ3v) is 6.44. The van der Waals surface area contributed by atoms with Crippen LogP contribution in [0, 0.1) is 47.3 Å². The molecule has 8 atom stereocenters. The molecule has 0 aliphatic heterocycles. The van der Waals surface area contributed by atoms with E-state index in [2.05, 4.69) is 26.0 Å². The molecule has 0 aromatic rings. The Labute approximate surface area is 104 Å². The van der Waals surface area contributed by atoms with Gasteiger partial charge in [0.15, 0.2) is 0 Å². The summed E-state index contributed by atoms with van der Waals surface area (Å²) in [6.07, 6.45) is 9.13. The van der Waals surface area contributed by atoms with E-state index in [1.165, 1.54) is 19.3 Å². The van der Waals surface area contributed by atoms with E-state index in [0.29, 0.717) is 11.8 Å². The molecule has 17 heavy (non-hydrogen) atoms. The monoisotopic (exact) mass is 232 g/mol. The fourth-order valence-corrected chi connectivity index (χ4v) is 5.95. The van der Waals surface area contributed by atoms with Gasteiger partial charge in [-0.25, -0.2) is 0 Å². The van der Waals surface area contributed by atoms with E-state index in [4.69, 9.17) is 0 Å². The molecular formula is C16H24O. The molecule has 0 heterocycles. The second kappa shape index (κ2) is 3.38. The molecule has 0 amide bonds. The van der Waals surface area contributed by atoms with Crippen molar-refractivity contribution in [2.45, 2.75) is 39.2 Å². The topological polar surface area (TPSA) is 20.2 Å². The molecule has 8 unspecified atom stereocenters. The highest BCUT2D eigenvalue weighted by Gasteiger charge is 2.61. The second-order valence-electron chi connectivity index (χ2n) is 7.40. The van der Waals surface area contributed by atoms with E-state index in [-0.39, 0.29) is 6.10 Å². The molecule has 0 radical (unpaired) electrons. The summed E-state index contributed by atoms with van der Waals surface area (Å²) in [5, 5.41) is 10.4. The predicted octanol–water partition coefficient (Wildman–Crippen LogP) is 3.10. The Kier molecular flexibility index (Phi) is 2.11. The van der Waals surface area contributed by atoms with E-state index in [1.54, 1.807) is 0 Å². The van der Waals surface area contributed by atoms with Crippen LogP contribution in [0.1, 0.15) is 33.1 Å². The SMILES string of the molecule is CC(C)C(O)C1CC2CC1C1C3C=CC(C3)C21. The number of rotatable bonds is 2. The Morgan fingerprint density at radius 3 is 2.41 bits per heavy atom. The summed E-state index contributed by atoms with van der Waals surface area (Å²) in [5.74, 6) is 6.60. The van der Waals surface area contributed by atoms with Crippen LogP contribution in [-0.2, 0) is 0 Å². The van der Waals surface area contributed by atoms with Crippen molar-refractivity contribution >= 4 is 0 Å². The number of allylic oxidation sites excluding steroid dienone is 2. The van der Waals surface area contributed by atoms with Crippen LogP contribution in [0.15, 0.2) is 12.2 Å². The molecule has 94 valence electrons. The lowest BCUT2D eigenvalue weighted by molar-refractivity contribution is 0.00655. The fourth-order valence-electron chi connectivity index (χ4n) is 5.95. The first-order valence-electron chi connectivity index (χ1n) is 7.53. The summed E-state index contributed by atoms with van der Waals surface area (Å²) in [6, 6.07) is 0. The third kappa shape index (κ3) is 1.24. The first kappa shape index (κ1) is 10.6. The average Bonchev–Trinajstić information content (AvgIpc) is 3.04. The molecule has 3 saturated carbocycles. The highest BCUT2D eigenvalue weighted by atomic mass is 16.3. The largest absolute Gasteiger partial charge is 0.393 e. The second-order valence-corrected chi connectivity index (χ2v) is 7.40. The van der Waals surface area contributed by atoms with Gasteiger partial charge in [0.25, 0.3) is 0 Å². The van der Waals surface area contributed by atoms with E-state index in [9.17, 15) is 5.11 Å². The molecule has 0 saturated heterocycles. The zero-order valence-corrected chi connectivity index (χ0v) is 10.9. The Hall–Kier alpha value is -0.300. The first-order chi connectivity index (χ1) is 8.16. The lowest BCUT2D eigenvalue weighted by Crippen LogP contribution is -2.38. The van der Waals surface area contributed by atoms with Crippen LogP contribution >= 0.6 is 0 Å². The molecular weight excluding hydrogens is 208 g/mol. The maximum atomic E-state index is 10.4. The summed E-state index contributed by atoms with van der Waals surface area (Å²) in [7, 11) is 0. The van der Waals surface area contributed by atoms with Crippen LogP contribution in [0.4, 0.5) is 0 Å². The number of aliphatic hydroxyl groups excluding tert-OH is 1. The third-order valence-electron chi connectivity index (χ3n) is 6.44. The summed E-state index contributed by atoms with van der Waals surface area (Å²) in [5.41, 5.74) is 0. The van der Waals surface area contributed by atoms with Crippen LogP contribution in [0.2, 0.25) is 0 Å². The minimum atomic E-state index is -0.0472. The Bertz CT molecular complexity index is 359. The molecule has 1 nitrogen and oxygen atoms in total. The van der Waals surface area contributed by atoms with Crippen molar-refractivity contribution < 1.29 is 5.11 Å². The van der Waals surface area contributed by atoms with Gasteiger partial charge in [0.2, 0.25) is 0 Å². The Morgan fingerprint density at radius 2 is 1.71 bits per heavy atom. The van der Waals surface area contributed by atoms with Crippen molar-refractivity contribution in [3.63, 3.8) is 0 Å². The average molecular weight is 232 g/mol. The summed E-state index contributed by atoms with van der Waals surface area (Å²) in [6.45, 7) is 4.35. The van der Waals surface area contributed by atoms with E-state index < -0.39 is 0 Å². The summed E-state index contributed by atoms with van der Waals surface area (Å²) >= 11 is 0. The van der Waals surface area contributed by atoms with Gasteiger partial charge in [-0.05, 0) is 66.6 Å². The van der Waals surface area contributed by atoms with Gasteiger partial charge in [-0.15, -0.1) is 0 Å². The highest BCUT2D eigenvalue weighted by molar-refractivity contribution is 5.21. The lowest BCUT2D eigenvalue weighted by atomic mass is 9.67. The Balaban J connectivity index is 1.61. The highest BCUT2D eigenvalue weighted by Crippen LogP contribution is 2.67. The van der Waals surface area contributed by atoms with Gasteiger partial charge in [-0.1, -0.05) is 26.0 Å². The van der Waals surface area contributed by atoms with Crippen LogP contribution in [-0.4, -0.2) is 11.2 Å². The zero-order valence-electron chi connectivity index (χ0n) is 10.9.